The number of methoxy groups -OCH3 is 2. The van der Waals surface area contributed by atoms with Crippen LogP contribution in [0.15, 0.2) is 35.9 Å². The number of halogens is 1. The zero-order chi connectivity index (χ0) is 38.8. The molecule has 2 N–H and O–H groups in total. The van der Waals surface area contributed by atoms with Crippen molar-refractivity contribution in [2.24, 2.45) is 0 Å². The van der Waals surface area contributed by atoms with Gasteiger partial charge in [0.15, 0.2) is 5.72 Å². The predicted octanol–water partition coefficient (Wildman–Crippen LogP) is 4.76. The Labute approximate surface area is 316 Å². The number of allylic oxidation sites excluding steroid dienone is 3. The third-order valence-electron chi connectivity index (χ3n) is 10.2. The van der Waals surface area contributed by atoms with E-state index >= 15 is 0 Å². The van der Waals surface area contributed by atoms with E-state index in [9.17, 15) is 24.3 Å². The summed E-state index contributed by atoms with van der Waals surface area (Å²) in [4.78, 5) is 56.2. The normalized spacial score (nSPS) is 32.2. The van der Waals surface area contributed by atoms with Crippen molar-refractivity contribution in [2.45, 2.75) is 120 Å². The molecule has 13 nitrogen and oxygen atoms in total. The van der Waals surface area contributed by atoms with Gasteiger partial charge >= 0.3 is 12.1 Å². The number of benzene rings is 1. The Morgan fingerprint density at radius 3 is 2.50 bits per heavy atom. The fourth-order valence-electron chi connectivity index (χ4n) is 7.02. The lowest BCUT2D eigenvalue weighted by molar-refractivity contribution is -0.328. The number of nitrogens with one attached hydrogen (secondary N) is 1. The van der Waals surface area contributed by atoms with E-state index in [1.54, 1.807) is 52.1 Å². The van der Waals surface area contributed by atoms with Gasteiger partial charge in [-0.15, -0.1) is 0 Å². The van der Waals surface area contributed by atoms with Crippen LogP contribution in [0.5, 0.6) is 5.75 Å². The fourth-order valence-corrected chi connectivity index (χ4v) is 7.46. The standard InChI is InChI=1S/C37H52ClN3O10S/c1-21-11-10-12-27(48-9)37(46)19-29(50-34(45)39-37)36(5)20-35(4,51-36)28(49-33(44)23(3)40(6)30(42)14-13-22(2)52)18-31(43)41(7)25-16-24(15-21)17-26(47-8)32(25)38/h10-12,16-17,22-23,27-29,46,52H,13-15,18-20H2,1-9H3,(H,39,45)/b12-10+,21-11+. The van der Waals surface area contributed by atoms with E-state index in [1.807, 2.05) is 19.9 Å². The Bertz CT molecular complexity index is 1590. The van der Waals surface area contributed by atoms with Crippen LogP contribution in [-0.4, -0.2) is 109 Å². The van der Waals surface area contributed by atoms with Gasteiger partial charge in [0.25, 0.3) is 0 Å². The van der Waals surface area contributed by atoms with Crippen LogP contribution in [0.1, 0.15) is 72.3 Å². The van der Waals surface area contributed by atoms with Gasteiger partial charge in [-0.05, 0) is 63.5 Å². The number of rotatable bonds is 8. The average molecular weight is 766 g/mol. The third-order valence-corrected chi connectivity index (χ3v) is 10.9. The number of alkyl carbamates (subject to hydrolysis) is 1. The second-order valence-electron chi connectivity index (χ2n) is 14.6. The van der Waals surface area contributed by atoms with E-state index in [2.05, 4.69) is 17.9 Å². The molecule has 5 rings (SSSR count). The summed E-state index contributed by atoms with van der Waals surface area (Å²) < 4.78 is 29.4. The van der Waals surface area contributed by atoms with Gasteiger partial charge < -0.3 is 38.6 Å². The Kier molecular flexibility index (Phi) is 13.1. The molecule has 1 aromatic carbocycles. The average Bonchev–Trinajstić information content (AvgIpc) is 3.06. The van der Waals surface area contributed by atoms with Gasteiger partial charge in [-0.1, -0.05) is 42.3 Å². The first-order valence-corrected chi connectivity index (χ1v) is 18.2. The van der Waals surface area contributed by atoms with Gasteiger partial charge in [-0.3, -0.25) is 14.9 Å². The molecular formula is C37H52ClN3O10S. The monoisotopic (exact) mass is 765 g/mol. The summed E-state index contributed by atoms with van der Waals surface area (Å²) in [6.45, 7) is 8.79. The molecule has 0 saturated carbocycles. The Balaban J connectivity index is 1.75. The number of anilines is 1. The minimum Gasteiger partial charge on any atom is -0.495 e. The molecule has 0 radical (unpaired) electrons. The van der Waals surface area contributed by atoms with E-state index in [0.29, 0.717) is 24.3 Å². The van der Waals surface area contributed by atoms with Crippen LogP contribution in [-0.2, 0) is 39.8 Å². The smallest absolute Gasteiger partial charge is 0.409 e. The molecule has 3 amide bonds. The molecule has 2 fully saturated rings. The van der Waals surface area contributed by atoms with Crippen molar-refractivity contribution < 1.29 is 48.0 Å². The summed E-state index contributed by atoms with van der Waals surface area (Å²) in [6, 6.07) is 2.60. The van der Waals surface area contributed by atoms with E-state index in [1.165, 1.54) is 31.1 Å². The topological polar surface area (TPSA) is 153 Å². The number of likely N-dealkylation sites (N-methyl/N-ethyl adjacent to an activating group) is 1. The second-order valence-corrected chi connectivity index (χ2v) is 15.8. The van der Waals surface area contributed by atoms with Crippen LogP contribution in [0, 0.1) is 0 Å². The second kappa shape index (κ2) is 16.4. The highest BCUT2D eigenvalue weighted by molar-refractivity contribution is 7.80. The Morgan fingerprint density at radius 2 is 1.88 bits per heavy atom. The number of hydrogen-bond acceptors (Lipinski definition) is 11. The maximum absolute atomic E-state index is 14.1. The summed E-state index contributed by atoms with van der Waals surface area (Å²) >= 11 is 11.1. The third kappa shape index (κ3) is 9.07. The molecule has 0 spiro atoms. The van der Waals surface area contributed by atoms with Crippen molar-refractivity contribution in [2.75, 3.05) is 33.2 Å². The number of carbonyl (C=O) groups is 4. The Morgan fingerprint density at radius 1 is 1.21 bits per heavy atom. The number of fused-ring (bicyclic) bond motifs is 6. The van der Waals surface area contributed by atoms with Crippen molar-refractivity contribution in [3.05, 3.63) is 46.5 Å². The number of thiol groups is 1. The lowest BCUT2D eigenvalue weighted by atomic mass is 9.72. The van der Waals surface area contributed by atoms with Crippen molar-refractivity contribution >= 4 is 53.8 Å². The van der Waals surface area contributed by atoms with Crippen molar-refractivity contribution in [1.82, 2.24) is 10.2 Å². The van der Waals surface area contributed by atoms with Crippen LogP contribution >= 0.6 is 24.2 Å². The van der Waals surface area contributed by atoms with E-state index in [-0.39, 0.29) is 41.9 Å². The van der Waals surface area contributed by atoms with Crippen LogP contribution in [0.3, 0.4) is 0 Å². The summed E-state index contributed by atoms with van der Waals surface area (Å²) in [6.07, 6.45) is 2.29. The van der Waals surface area contributed by atoms with Crippen molar-refractivity contribution in [3.63, 3.8) is 0 Å². The number of hydrogen-bond donors (Lipinski definition) is 3. The predicted molar refractivity (Wildman–Crippen MR) is 199 cm³/mol. The number of aliphatic hydroxyl groups is 1. The van der Waals surface area contributed by atoms with E-state index in [4.69, 9.17) is 35.3 Å². The molecule has 4 aliphatic rings. The largest absolute Gasteiger partial charge is 0.495 e. The molecule has 52 heavy (non-hydrogen) atoms. The molecule has 4 aliphatic heterocycles. The molecule has 15 heteroatoms. The zero-order valence-corrected chi connectivity index (χ0v) is 33.0. The number of ether oxygens (including phenoxy) is 5. The lowest BCUT2D eigenvalue weighted by Gasteiger charge is -2.59. The highest BCUT2D eigenvalue weighted by Crippen LogP contribution is 2.50. The van der Waals surface area contributed by atoms with Crippen LogP contribution in [0.25, 0.3) is 0 Å². The molecule has 0 aromatic heterocycles. The molecule has 288 valence electrons. The number of amides is 3. The van der Waals surface area contributed by atoms with Gasteiger partial charge in [0.05, 0.1) is 19.2 Å². The maximum atomic E-state index is 14.1. The first-order valence-electron chi connectivity index (χ1n) is 17.3. The highest BCUT2D eigenvalue weighted by atomic mass is 35.5. The minimum atomic E-state index is -1.85. The van der Waals surface area contributed by atoms with Gasteiger partial charge in [-0.25, -0.2) is 9.59 Å². The fraction of sp³-hybridized carbons (Fsp3) is 0.622. The summed E-state index contributed by atoms with van der Waals surface area (Å²) in [5.41, 5.74) is -2.12. The summed E-state index contributed by atoms with van der Waals surface area (Å²) in [5.74, 6) is -1.04. The molecule has 8 atom stereocenters. The number of carbonyl (C=O) groups excluding carboxylic acids is 4. The molecule has 0 aliphatic carbocycles. The first kappa shape index (κ1) is 41.5. The number of nitrogens with zero attached hydrogens (tertiary/aromatic N) is 2. The minimum absolute atomic E-state index is 0.00556. The molecule has 1 aromatic rings. The van der Waals surface area contributed by atoms with E-state index < -0.39 is 59.3 Å². The van der Waals surface area contributed by atoms with Gasteiger partial charge in [-0.2, -0.15) is 12.6 Å². The van der Waals surface area contributed by atoms with Gasteiger partial charge in [0.1, 0.15) is 46.3 Å². The van der Waals surface area contributed by atoms with Crippen LogP contribution in [0.2, 0.25) is 5.02 Å². The van der Waals surface area contributed by atoms with Gasteiger partial charge in [0.2, 0.25) is 11.8 Å². The summed E-state index contributed by atoms with van der Waals surface area (Å²) in [7, 11) is 6.01. The molecule has 6 bridgehead atoms. The molecular weight excluding hydrogens is 714 g/mol. The zero-order valence-electron chi connectivity index (χ0n) is 31.4. The summed E-state index contributed by atoms with van der Waals surface area (Å²) in [5, 5.41) is 14.5. The van der Waals surface area contributed by atoms with E-state index in [0.717, 1.165) is 11.1 Å². The lowest BCUT2D eigenvalue weighted by Crippen LogP contribution is -2.72. The highest BCUT2D eigenvalue weighted by Gasteiger charge is 2.63. The molecule has 8 unspecified atom stereocenters. The van der Waals surface area contributed by atoms with Gasteiger partial charge in [0, 0.05) is 40.5 Å². The first-order chi connectivity index (χ1) is 24.3. The number of esters is 1. The van der Waals surface area contributed by atoms with Crippen LogP contribution < -0.4 is 15.0 Å². The Hall–Kier alpha value is -3.30. The maximum Gasteiger partial charge on any atom is 0.409 e. The SMILES string of the molecule is COc1cc2cc(c1Cl)N(C)C(=O)CC(OC(=O)C(C)N(C)C(=O)CCC(C)S)C1(C)CC(C)(O1)C1CC(O)(NC(=O)O1)C(OC)/C=C/C=C(\C)C2. The van der Waals surface area contributed by atoms with Crippen LogP contribution in [0.4, 0.5) is 10.5 Å². The molecule has 4 heterocycles. The molecule has 2 saturated heterocycles. The quantitative estimate of drug-likeness (QED) is 0.250. The van der Waals surface area contributed by atoms with Crippen molar-refractivity contribution in [1.29, 1.82) is 0 Å². The van der Waals surface area contributed by atoms with Crippen molar-refractivity contribution in [3.8, 4) is 5.75 Å².